The van der Waals surface area contributed by atoms with E-state index in [0.29, 0.717) is 18.0 Å². The highest BCUT2D eigenvalue weighted by atomic mass is 32.1. The number of nitrogens with two attached hydrogens (primary N) is 1. The lowest BCUT2D eigenvalue weighted by molar-refractivity contribution is -0.124. The highest BCUT2D eigenvalue weighted by Gasteiger charge is 2.16. The van der Waals surface area contributed by atoms with Gasteiger partial charge in [0.05, 0.1) is 12.1 Å². The van der Waals surface area contributed by atoms with Crippen LogP contribution in [-0.4, -0.2) is 30.0 Å². The van der Waals surface area contributed by atoms with Crippen molar-refractivity contribution in [1.29, 1.82) is 0 Å². The van der Waals surface area contributed by atoms with E-state index in [1.807, 2.05) is 30.3 Å². The first kappa shape index (κ1) is 12.1. The van der Waals surface area contributed by atoms with E-state index >= 15 is 0 Å². The van der Waals surface area contributed by atoms with Crippen molar-refractivity contribution in [1.82, 2.24) is 5.31 Å². The van der Waals surface area contributed by atoms with Crippen LogP contribution >= 0.6 is 12.6 Å². The third kappa shape index (κ3) is 4.58. The maximum atomic E-state index is 11.7. The van der Waals surface area contributed by atoms with E-state index in [-0.39, 0.29) is 5.75 Å². The lowest BCUT2D eigenvalue weighted by atomic mass is 10.1. The van der Waals surface area contributed by atoms with Crippen molar-refractivity contribution in [2.45, 2.75) is 18.5 Å². The first-order valence-corrected chi connectivity index (χ1v) is 5.91. The molecule has 0 bridgehead atoms. The lowest BCUT2D eigenvalue weighted by Gasteiger charge is -2.15. The fraction of sp³-hybridized carbons (Fsp3) is 0.333. The maximum Gasteiger partial charge on any atom is 0.238 e. The number of amides is 1. The number of carbonyl (C=O) groups is 2. The van der Waals surface area contributed by atoms with E-state index in [0.717, 1.165) is 5.56 Å². The summed E-state index contributed by atoms with van der Waals surface area (Å²) in [4.78, 5) is 22.7. The Labute approximate surface area is 107 Å². The van der Waals surface area contributed by atoms with Crippen LogP contribution in [0.4, 0.5) is 0 Å². The molecule has 0 aromatic heterocycles. The summed E-state index contributed by atoms with van der Waals surface area (Å²) in [6.45, 7) is 0. The van der Waals surface area contributed by atoms with Crippen LogP contribution in [0, 0.1) is 0 Å². The molecule has 3 N–H and O–H groups in total. The SMILES string of the molecule is [2H]N(C(=O)[C@@H](N)CS)[C@H](C=O)Cc1ccccc1. The van der Waals surface area contributed by atoms with E-state index in [2.05, 4.69) is 12.6 Å². The van der Waals surface area contributed by atoms with Crippen molar-refractivity contribution >= 4 is 24.8 Å². The van der Waals surface area contributed by atoms with Gasteiger partial charge in [-0.3, -0.25) is 4.79 Å². The summed E-state index contributed by atoms with van der Waals surface area (Å²) in [7, 11) is 0. The first-order valence-electron chi connectivity index (χ1n) is 5.72. The minimum absolute atomic E-state index is 0.144. The van der Waals surface area contributed by atoms with Crippen LogP contribution in [0.15, 0.2) is 30.3 Å². The molecule has 1 aromatic carbocycles. The minimum Gasteiger partial charge on any atom is -0.345 e. The molecule has 0 aliphatic heterocycles. The van der Waals surface area contributed by atoms with Crippen molar-refractivity contribution in [2.24, 2.45) is 5.73 Å². The smallest absolute Gasteiger partial charge is 0.238 e. The van der Waals surface area contributed by atoms with Gasteiger partial charge in [-0.2, -0.15) is 12.6 Å². The zero-order valence-corrected chi connectivity index (χ0v) is 10.2. The monoisotopic (exact) mass is 253 g/mol. The van der Waals surface area contributed by atoms with Gasteiger partial charge in [-0.15, -0.1) is 0 Å². The van der Waals surface area contributed by atoms with Crippen LogP contribution in [-0.2, 0) is 16.0 Å². The number of aldehydes is 1. The number of hydrogen-bond acceptors (Lipinski definition) is 4. The Morgan fingerprint density at radius 3 is 2.71 bits per heavy atom. The van der Waals surface area contributed by atoms with Gasteiger partial charge in [0.1, 0.15) is 6.29 Å². The fourth-order valence-corrected chi connectivity index (χ4v) is 1.47. The lowest BCUT2D eigenvalue weighted by Crippen LogP contribution is -2.47. The maximum absolute atomic E-state index is 11.7. The molecule has 4 nitrogen and oxygen atoms in total. The molecule has 0 radical (unpaired) electrons. The summed E-state index contributed by atoms with van der Waals surface area (Å²) in [5.74, 6) is -0.455. The van der Waals surface area contributed by atoms with Gasteiger partial charge >= 0.3 is 0 Å². The average Bonchev–Trinajstić information content (AvgIpc) is 2.43. The van der Waals surface area contributed by atoms with Gasteiger partial charge in [0.2, 0.25) is 5.91 Å². The molecular weight excluding hydrogens is 236 g/mol. The number of hydrogen-bond donors (Lipinski definition) is 3. The van der Waals surface area contributed by atoms with Crippen LogP contribution in [0.2, 0.25) is 1.41 Å². The normalized spacial score (nSPS) is 14.6. The number of carbonyl (C=O) groups excluding carboxylic acids is 2. The van der Waals surface area contributed by atoms with Crippen molar-refractivity contribution < 1.29 is 11.0 Å². The summed E-state index contributed by atoms with van der Waals surface area (Å²) >= 11 is 3.90. The average molecular weight is 253 g/mol. The zero-order valence-electron chi connectivity index (χ0n) is 10.3. The summed E-state index contributed by atoms with van der Waals surface area (Å²) in [6.07, 6.45) is 0.891. The molecule has 0 spiro atoms. The topological polar surface area (TPSA) is 72.2 Å². The standard InChI is InChI=1S/C12H16N2O2S/c13-11(8-17)12(16)14-10(7-15)6-9-4-2-1-3-5-9/h1-5,7,10-11,17H,6,8,13H2,(H,14,16)/t10-,11-/m0/s1/i/hD. The third-order valence-electron chi connectivity index (χ3n) is 2.25. The van der Waals surface area contributed by atoms with E-state index in [1.54, 1.807) is 0 Å². The highest BCUT2D eigenvalue weighted by molar-refractivity contribution is 7.80. The Balaban J connectivity index is 2.72. The first-order chi connectivity index (χ1) is 8.60. The fourth-order valence-electron chi connectivity index (χ4n) is 1.32. The zero-order chi connectivity index (χ0) is 13.5. The molecular formula is C12H16N2O2S. The van der Waals surface area contributed by atoms with Crippen molar-refractivity contribution in [3.63, 3.8) is 0 Å². The Morgan fingerprint density at radius 2 is 2.18 bits per heavy atom. The van der Waals surface area contributed by atoms with Gasteiger partial charge in [0, 0.05) is 5.75 Å². The largest absolute Gasteiger partial charge is 0.345 e. The van der Waals surface area contributed by atoms with Crippen molar-refractivity contribution in [3.8, 4) is 0 Å². The molecule has 5 heteroatoms. The van der Waals surface area contributed by atoms with E-state index in [9.17, 15) is 9.59 Å². The second-order valence-electron chi connectivity index (χ2n) is 3.65. The molecule has 0 saturated carbocycles. The summed E-state index contributed by atoms with van der Waals surface area (Å²) in [5.41, 5.74) is 6.39. The molecule has 1 aromatic rings. The Kier molecular flexibility index (Phi) is 5.06. The van der Waals surface area contributed by atoms with E-state index in [4.69, 9.17) is 7.15 Å². The van der Waals surface area contributed by atoms with Gasteiger partial charge < -0.3 is 15.8 Å². The van der Waals surface area contributed by atoms with Crippen LogP contribution in [0.3, 0.4) is 0 Å². The predicted octanol–water partition coefficient (Wildman–Crippen LogP) is 0.170. The molecule has 0 saturated heterocycles. The van der Waals surface area contributed by atoms with Gasteiger partial charge in [-0.1, -0.05) is 30.3 Å². The van der Waals surface area contributed by atoms with Gasteiger partial charge in [0.15, 0.2) is 1.41 Å². The molecule has 2 atom stereocenters. The minimum atomic E-state index is -0.857. The van der Waals surface area contributed by atoms with Crippen LogP contribution in [0.1, 0.15) is 5.56 Å². The summed E-state index contributed by atoms with van der Waals surface area (Å²) in [6, 6.07) is 7.54. The number of nitrogens with one attached hydrogen (secondary N) is 1. The Bertz CT molecular complexity index is 402. The van der Waals surface area contributed by atoms with E-state index in [1.165, 1.54) is 0 Å². The predicted molar refractivity (Wildman–Crippen MR) is 70.0 cm³/mol. The number of rotatable bonds is 6. The molecule has 0 aliphatic carbocycles. The molecule has 0 heterocycles. The number of thiol groups is 1. The Hall–Kier alpha value is -1.33. The van der Waals surface area contributed by atoms with E-state index < -0.39 is 18.0 Å². The molecule has 0 unspecified atom stereocenters. The molecule has 0 aliphatic rings. The van der Waals surface area contributed by atoms with Crippen molar-refractivity contribution in [2.75, 3.05) is 5.75 Å². The summed E-state index contributed by atoms with van der Waals surface area (Å²) in [5, 5.41) is 0.640. The second kappa shape index (κ2) is 7.09. The Morgan fingerprint density at radius 1 is 1.53 bits per heavy atom. The van der Waals surface area contributed by atoms with Gasteiger partial charge in [-0.05, 0) is 12.0 Å². The van der Waals surface area contributed by atoms with Crippen LogP contribution in [0.5, 0.6) is 0 Å². The van der Waals surface area contributed by atoms with Gasteiger partial charge in [0.25, 0.3) is 0 Å². The number of benzene rings is 1. The molecule has 1 amide bonds. The van der Waals surface area contributed by atoms with Crippen LogP contribution < -0.4 is 11.0 Å². The van der Waals surface area contributed by atoms with Crippen molar-refractivity contribution in [3.05, 3.63) is 35.9 Å². The third-order valence-corrected chi connectivity index (χ3v) is 2.65. The summed E-state index contributed by atoms with van der Waals surface area (Å²) < 4.78 is 7.66. The quantitative estimate of drug-likeness (QED) is 0.500. The molecule has 92 valence electrons. The molecule has 0 fully saturated rings. The highest BCUT2D eigenvalue weighted by Crippen LogP contribution is 2.02. The van der Waals surface area contributed by atoms with Crippen LogP contribution in [0.25, 0.3) is 0 Å². The second-order valence-corrected chi connectivity index (χ2v) is 4.01. The van der Waals surface area contributed by atoms with Gasteiger partial charge in [-0.25, -0.2) is 0 Å². The molecule has 1 rings (SSSR count). The molecule has 17 heavy (non-hydrogen) atoms.